The van der Waals surface area contributed by atoms with Crippen LogP contribution in [0.2, 0.25) is 5.02 Å². The highest BCUT2D eigenvalue weighted by Crippen LogP contribution is 2.39. The molecule has 1 aliphatic rings. The van der Waals surface area contributed by atoms with Crippen LogP contribution in [-0.4, -0.2) is 24.9 Å². The summed E-state index contributed by atoms with van der Waals surface area (Å²) in [4.78, 5) is 11.8. The van der Waals surface area contributed by atoms with Gasteiger partial charge in [-0.05, 0) is 37.1 Å². The van der Waals surface area contributed by atoms with E-state index in [1.54, 1.807) is 0 Å². The van der Waals surface area contributed by atoms with Gasteiger partial charge >= 0.3 is 12.1 Å². The van der Waals surface area contributed by atoms with Crippen molar-refractivity contribution in [2.75, 3.05) is 6.61 Å². The maximum Gasteiger partial charge on any atom is 0.430 e. The molecule has 3 nitrogen and oxygen atoms in total. The fraction of sp³-hybridized carbons (Fsp3) is 0.438. The summed E-state index contributed by atoms with van der Waals surface area (Å²) < 4.78 is 49.4. The van der Waals surface area contributed by atoms with Crippen molar-refractivity contribution in [2.24, 2.45) is 0 Å². The van der Waals surface area contributed by atoms with Gasteiger partial charge in [0.25, 0.3) is 0 Å². The van der Waals surface area contributed by atoms with Crippen LogP contribution in [0.1, 0.15) is 31.4 Å². The molecule has 1 unspecified atom stereocenters. The second kappa shape index (κ2) is 6.83. The molecular formula is C16H16ClF3O3. The van der Waals surface area contributed by atoms with Crippen LogP contribution in [0.3, 0.4) is 0 Å². The Bertz CT molecular complexity index is 638. The molecule has 0 radical (unpaired) electrons. The van der Waals surface area contributed by atoms with Crippen molar-refractivity contribution in [1.29, 1.82) is 0 Å². The first-order valence-electron chi connectivity index (χ1n) is 7.22. The lowest BCUT2D eigenvalue weighted by Gasteiger charge is -2.28. The fourth-order valence-corrected chi connectivity index (χ4v) is 2.61. The third kappa shape index (κ3) is 3.80. The number of rotatable bonds is 4. The summed E-state index contributed by atoms with van der Waals surface area (Å²) in [6.45, 7) is 3.43. The van der Waals surface area contributed by atoms with Crippen molar-refractivity contribution in [3.05, 3.63) is 33.9 Å². The Morgan fingerprint density at radius 2 is 2.04 bits per heavy atom. The van der Waals surface area contributed by atoms with E-state index < -0.39 is 23.8 Å². The average molecular weight is 349 g/mol. The third-order valence-corrected chi connectivity index (χ3v) is 3.70. The molecule has 23 heavy (non-hydrogen) atoms. The highest BCUT2D eigenvalue weighted by Gasteiger charge is 2.48. The third-order valence-electron chi connectivity index (χ3n) is 3.34. The van der Waals surface area contributed by atoms with E-state index in [-0.39, 0.29) is 12.4 Å². The smallest absolute Gasteiger partial charge is 0.430 e. The number of aryl methyl sites for hydroxylation is 1. The molecule has 0 saturated heterocycles. The van der Waals surface area contributed by atoms with Crippen molar-refractivity contribution in [1.82, 2.24) is 0 Å². The fourth-order valence-electron chi connectivity index (χ4n) is 2.34. The van der Waals surface area contributed by atoms with E-state index in [4.69, 9.17) is 21.1 Å². The number of ether oxygens (including phenoxy) is 2. The van der Waals surface area contributed by atoms with Gasteiger partial charge in [-0.1, -0.05) is 24.9 Å². The standard InChI is InChI=1S/C16H16ClF3O3/c1-3-5-9-8-13-10(7-12(9)17)6-11(15(21)22-4-2)14(23-13)16(18,19)20/h6-8,14H,3-5H2,1-2H3. The summed E-state index contributed by atoms with van der Waals surface area (Å²) in [7, 11) is 0. The zero-order valence-electron chi connectivity index (χ0n) is 12.7. The molecule has 0 fully saturated rings. The maximum absolute atomic E-state index is 13.2. The van der Waals surface area contributed by atoms with Gasteiger partial charge in [-0.25, -0.2) is 4.79 Å². The van der Waals surface area contributed by atoms with Gasteiger partial charge in [-0.3, -0.25) is 0 Å². The summed E-state index contributed by atoms with van der Waals surface area (Å²) in [5.74, 6) is -0.984. The Labute approximate surface area is 137 Å². The minimum absolute atomic E-state index is 0.0240. The van der Waals surface area contributed by atoms with Gasteiger partial charge < -0.3 is 9.47 Å². The van der Waals surface area contributed by atoms with Gasteiger partial charge in [0.05, 0.1) is 12.2 Å². The maximum atomic E-state index is 13.2. The highest BCUT2D eigenvalue weighted by molar-refractivity contribution is 6.31. The lowest BCUT2D eigenvalue weighted by atomic mass is 9.98. The van der Waals surface area contributed by atoms with E-state index in [1.807, 2.05) is 6.92 Å². The Morgan fingerprint density at radius 1 is 1.35 bits per heavy atom. The summed E-state index contributed by atoms with van der Waals surface area (Å²) in [5.41, 5.74) is 0.464. The van der Waals surface area contributed by atoms with Crippen LogP contribution >= 0.6 is 11.6 Å². The molecule has 0 bridgehead atoms. The number of fused-ring (bicyclic) bond motifs is 1. The zero-order chi connectivity index (χ0) is 17.2. The number of halogens is 4. The van der Waals surface area contributed by atoms with Gasteiger partial charge in [0.2, 0.25) is 6.10 Å². The van der Waals surface area contributed by atoms with E-state index >= 15 is 0 Å². The molecule has 0 saturated carbocycles. The lowest BCUT2D eigenvalue weighted by molar-refractivity contribution is -0.187. The number of hydrogen-bond acceptors (Lipinski definition) is 3. The van der Waals surface area contributed by atoms with Gasteiger partial charge in [-0.2, -0.15) is 13.2 Å². The molecule has 0 amide bonds. The van der Waals surface area contributed by atoms with Crippen LogP contribution in [0.5, 0.6) is 5.75 Å². The molecular weight excluding hydrogens is 333 g/mol. The van der Waals surface area contributed by atoms with Crippen molar-refractivity contribution in [3.8, 4) is 5.75 Å². The quantitative estimate of drug-likeness (QED) is 0.748. The number of esters is 1. The van der Waals surface area contributed by atoms with Crippen molar-refractivity contribution >= 4 is 23.6 Å². The number of carbonyl (C=O) groups is 1. The van der Waals surface area contributed by atoms with E-state index in [1.165, 1.54) is 19.1 Å². The molecule has 1 atom stereocenters. The molecule has 1 heterocycles. The molecule has 0 N–H and O–H groups in total. The largest absolute Gasteiger partial charge is 0.475 e. The number of alkyl halides is 3. The monoisotopic (exact) mass is 348 g/mol. The lowest BCUT2D eigenvalue weighted by Crippen LogP contribution is -2.40. The second-order valence-electron chi connectivity index (χ2n) is 5.09. The number of carbonyl (C=O) groups excluding carboxylic acids is 1. The van der Waals surface area contributed by atoms with Crippen LogP contribution < -0.4 is 4.74 Å². The van der Waals surface area contributed by atoms with E-state index in [2.05, 4.69) is 0 Å². The molecule has 7 heteroatoms. The Kier molecular flexibility index (Phi) is 5.24. The van der Waals surface area contributed by atoms with Crippen LogP contribution in [0.25, 0.3) is 6.08 Å². The normalized spacial score (nSPS) is 17.1. The van der Waals surface area contributed by atoms with Crippen molar-refractivity contribution < 1.29 is 27.4 Å². The molecule has 1 aromatic carbocycles. The summed E-state index contributed by atoms with van der Waals surface area (Å²) in [6.07, 6.45) is -4.51. The molecule has 0 spiro atoms. The van der Waals surface area contributed by atoms with Gasteiger partial charge in [-0.15, -0.1) is 0 Å². The minimum atomic E-state index is -4.72. The highest BCUT2D eigenvalue weighted by atomic mass is 35.5. The summed E-state index contributed by atoms with van der Waals surface area (Å²) in [5, 5.41) is 0.430. The average Bonchev–Trinajstić information content (AvgIpc) is 2.46. The molecule has 2 rings (SSSR count). The molecule has 126 valence electrons. The SMILES string of the molecule is CCCc1cc2c(cc1Cl)C=C(C(=O)OCC)C(C(F)(F)F)O2. The Morgan fingerprint density at radius 3 is 2.61 bits per heavy atom. The Hall–Kier alpha value is -1.69. The van der Waals surface area contributed by atoms with Crippen LogP contribution in [0.4, 0.5) is 13.2 Å². The van der Waals surface area contributed by atoms with Crippen LogP contribution in [0.15, 0.2) is 17.7 Å². The predicted octanol–water partition coefficient (Wildman–Crippen LogP) is 4.56. The van der Waals surface area contributed by atoms with E-state index in [0.717, 1.165) is 12.5 Å². The summed E-state index contributed by atoms with van der Waals surface area (Å²) in [6, 6.07) is 3.01. The zero-order valence-corrected chi connectivity index (χ0v) is 13.4. The first-order valence-corrected chi connectivity index (χ1v) is 7.60. The van der Waals surface area contributed by atoms with Gasteiger partial charge in [0.15, 0.2) is 0 Å². The molecule has 0 aliphatic carbocycles. The Balaban J connectivity index is 2.50. The first kappa shape index (κ1) is 17.7. The first-order chi connectivity index (χ1) is 10.8. The number of benzene rings is 1. The predicted molar refractivity (Wildman–Crippen MR) is 80.5 cm³/mol. The van der Waals surface area contributed by atoms with Crippen LogP contribution in [0, 0.1) is 0 Å². The number of hydrogen-bond donors (Lipinski definition) is 0. The van der Waals surface area contributed by atoms with E-state index in [9.17, 15) is 18.0 Å². The van der Waals surface area contributed by atoms with Gasteiger partial charge in [0, 0.05) is 10.6 Å². The topological polar surface area (TPSA) is 35.5 Å². The summed E-state index contributed by atoms with van der Waals surface area (Å²) >= 11 is 6.13. The van der Waals surface area contributed by atoms with Crippen molar-refractivity contribution in [3.63, 3.8) is 0 Å². The molecule has 0 aromatic heterocycles. The molecule has 1 aliphatic heterocycles. The van der Waals surface area contributed by atoms with Crippen LogP contribution in [-0.2, 0) is 16.0 Å². The van der Waals surface area contributed by atoms with Gasteiger partial charge in [0.1, 0.15) is 5.75 Å². The molecule has 1 aromatic rings. The second-order valence-corrected chi connectivity index (χ2v) is 5.50. The van der Waals surface area contributed by atoms with Crippen molar-refractivity contribution in [2.45, 2.75) is 39.0 Å². The van der Waals surface area contributed by atoms with E-state index in [0.29, 0.717) is 22.6 Å². The minimum Gasteiger partial charge on any atom is -0.475 e.